The summed E-state index contributed by atoms with van der Waals surface area (Å²) in [4.78, 5) is 24.7. The van der Waals surface area contributed by atoms with E-state index in [0.717, 1.165) is 12.3 Å². The molecular weight excluding hydrogens is 430 g/mol. The number of anilines is 1. The summed E-state index contributed by atoms with van der Waals surface area (Å²) in [7, 11) is -2.50. The van der Waals surface area contributed by atoms with Crippen LogP contribution < -0.4 is 20.3 Å². The summed E-state index contributed by atoms with van der Waals surface area (Å²) in [6.45, 7) is 0. The van der Waals surface area contributed by atoms with Crippen LogP contribution in [0.1, 0.15) is 42.5 Å². The average molecular weight is 458 g/mol. The minimum Gasteiger partial charge on any atom is -0.495 e. The van der Waals surface area contributed by atoms with Crippen LogP contribution in [0.2, 0.25) is 0 Å². The van der Waals surface area contributed by atoms with Crippen LogP contribution in [0.4, 0.5) is 5.69 Å². The molecule has 2 aromatic carbocycles. The van der Waals surface area contributed by atoms with Crippen molar-refractivity contribution in [1.29, 1.82) is 0 Å². The Morgan fingerprint density at radius 3 is 2.56 bits per heavy atom. The third-order valence-corrected chi connectivity index (χ3v) is 7.77. The Morgan fingerprint density at radius 2 is 1.84 bits per heavy atom. The first-order chi connectivity index (χ1) is 15.4. The van der Waals surface area contributed by atoms with Crippen LogP contribution in [0.3, 0.4) is 0 Å². The van der Waals surface area contributed by atoms with Gasteiger partial charge in [0.2, 0.25) is 5.91 Å². The van der Waals surface area contributed by atoms with Crippen molar-refractivity contribution in [2.75, 3.05) is 11.8 Å². The minimum absolute atomic E-state index is 0.0793. The summed E-state index contributed by atoms with van der Waals surface area (Å²) in [5, 5.41) is 0. The van der Waals surface area contributed by atoms with E-state index in [2.05, 4.69) is 15.6 Å². The largest absolute Gasteiger partial charge is 0.495 e. The molecule has 2 aromatic rings. The molecule has 2 saturated carbocycles. The van der Waals surface area contributed by atoms with Gasteiger partial charge in [0.25, 0.3) is 15.9 Å². The number of fused-ring (bicyclic) bond motifs is 2. The SMILES string of the molecule is COc1ccccc1NS(=O)(=O)c1cccc(C(=O)NNC(=O)CC2CC3CCC2C3)c1. The molecule has 0 saturated heterocycles. The van der Waals surface area contributed by atoms with Gasteiger partial charge in [-0.3, -0.25) is 25.2 Å². The van der Waals surface area contributed by atoms with Crippen LogP contribution >= 0.6 is 0 Å². The molecule has 0 aliphatic heterocycles. The summed E-state index contributed by atoms with van der Waals surface area (Å²) >= 11 is 0. The van der Waals surface area contributed by atoms with E-state index >= 15 is 0 Å². The Morgan fingerprint density at radius 1 is 1.03 bits per heavy atom. The predicted octanol–water partition coefficient (Wildman–Crippen LogP) is 3.08. The molecule has 0 heterocycles. The third-order valence-electron chi connectivity index (χ3n) is 6.41. The molecule has 0 radical (unpaired) electrons. The van der Waals surface area contributed by atoms with Crippen LogP contribution in [0, 0.1) is 17.8 Å². The van der Waals surface area contributed by atoms with Crippen molar-refractivity contribution in [2.24, 2.45) is 17.8 Å². The van der Waals surface area contributed by atoms with Gasteiger partial charge < -0.3 is 4.74 Å². The molecule has 2 fully saturated rings. The monoisotopic (exact) mass is 457 g/mol. The van der Waals surface area contributed by atoms with Crippen molar-refractivity contribution in [1.82, 2.24) is 10.9 Å². The molecule has 4 rings (SSSR count). The number of hydrogen-bond donors (Lipinski definition) is 3. The van der Waals surface area contributed by atoms with E-state index in [0.29, 0.717) is 24.0 Å². The van der Waals surface area contributed by atoms with Crippen molar-refractivity contribution in [3.8, 4) is 5.75 Å². The van der Waals surface area contributed by atoms with Crippen molar-refractivity contribution < 1.29 is 22.7 Å². The molecule has 8 nitrogen and oxygen atoms in total. The second-order valence-corrected chi connectivity index (χ2v) is 10.2. The fourth-order valence-corrected chi connectivity index (χ4v) is 5.97. The Kier molecular flexibility index (Phi) is 6.36. The fraction of sp³-hybridized carbons (Fsp3) is 0.391. The van der Waals surface area contributed by atoms with Crippen LogP contribution in [0.15, 0.2) is 53.4 Å². The van der Waals surface area contributed by atoms with Gasteiger partial charge in [0, 0.05) is 12.0 Å². The lowest BCUT2D eigenvalue weighted by Crippen LogP contribution is -2.42. The molecule has 170 valence electrons. The fourth-order valence-electron chi connectivity index (χ4n) is 4.85. The Labute approximate surface area is 187 Å². The molecule has 2 aliphatic carbocycles. The molecule has 3 unspecified atom stereocenters. The average Bonchev–Trinajstić information content (AvgIpc) is 3.41. The van der Waals surface area contributed by atoms with E-state index in [4.69, 9.17) is 4.74 Å². The predicted molar refractivity (Wildman–Crippen MR) is 119 cm³/mol. The summed E-state index contributed by atoms with van der Waals surface area (Å²) in [5.41, 5.74) is 5.26. The van der Waals surface area contributed by atoms with E-state index in [1.165, 1.54) is 50.6 Å². The Bertz CT molecular complexity index is 1120. The molecule has 0 spiro atoms. The highest BCUT2D eigenvalue weighted by molar-refractivity contribution is 7.92. The topological polar surface area (TPSA) is 114 Å². The molecule has 2 aliphatic rings. The number of amides is 2. The van der Waals surface area contributed by atoms with Crippen molar-refractivity contribution >= 4 is 27.5 Å². The lowest BCUT2D eigenvalue weighted by atomic mass is 9.86. The molecule has 9 heteroatoms. The smallest absolute Gasteiger partial charge is 0.269 e. The number of carbonyl (C=O) groups excluding carboxylic acids is 2. The molecule has 32 heavy (non-hydrogen) atoms. The van der Waals surface area contributed by atoms with E-state index in [9.17, 15) is 18.0 Å². The number of benzene rings is 2. The summed E-state index contributed by atoms with van der Waals surface area (Å²) in [6, 6.07) is 12.2. The second kappa shape index (κ2) is 9.20. The van der Waals surface area contributed by atoms with Gasteiger partial charge in [-0.25, -0.2) is 8.42 Å². The lowest BCUT2D eigenvalue weighted by Gasteiger charge is -2.20. The van der Waals surface area contributed by atoms with Gasteiger partial charge >= 0.3 is 0 Å². The standard InChI is InChI=1S/C23H27N3O5S/c1-31-21-8-3-2-7-20(21)26-32(29,30)19-6-4-5-17(13-19)23(28)25-24-22(27)14-18-12-15-9-10-16(18)11-15/h2-8,13,15-16,18,26H,9-12,14H2,1H3,(H,24,27)(H,25,28). The van der Waals surface area contributed by atoms with E-state index < -0.39 is 15.9 Å². The number of hydrogen-bond acceptors (Lipinski definition) is 5. The van der Waals surface area contributed by atoms with Crippen LogP contribution in [-0.2, 0) is 14.8 Å². The Hall–Kier alpha value is -3.07. The number of rotatable bonds is 7. The minimum atomic E-state index is -3.95. The van der Waals surface area contributed by atoms with Gasteiger partial charge in [-0.15, -0.1) is 0 Å². The first kappa shape index (κ1) is 22.1. The Balaban J connectivity index is 1.37. The summed E-state index contributed by atoms with van der Waals surface area (Å²) in [5.74, 6) is 1.34. The zero-order valence-electron chi connectivity index (χ0n) is 17.8. The zero-order valence-corrected chi connectivity index (χ0v) is 18.7. The van der Waals surface area contributed by atoms with Crippen molar-refractivity contribution in [2.45, 2.75) is 37.0 Å². The number of ether oxygens (including phenoxy) is 1. The van der Waals surface area contributed by atoms with Crippen molar-refractivity contribution in [3.05, 3.63) is 54.1 Å². The highest BCUT2D eigenvalue weighted by Gasteiger charge is 2.40. The number of hydrazine groups is 1. The number of methoxy groups -OCH3 is 1. The molecule has 2 bridgehead atoms. The second-order valence-electron chi connectivity index (χ2n) is 8.47. The third kappa shape index (κ3) is 4.88. The van der Waals surface area contributed by atoms with Gasteiger partial charge in [0.15, 0.2) is 0 Å². The van der Waals surface area contributed by atoms with E-state index in [1.54, 1.807) is 24.3 Å². The van der Waals surface area contributed by atoms with Crippen LogP contribution in [0.5, 0.6) is 5.75 Å². The first-order valence-corrected chi connectivity index (χ1v) is 12.2. The number of nitrogens with one attached hydrogen (secondary N) is 3. The van der Waals surface area contributed by atoms with Gasteiger partial charge in [-0.1, -0.05) is 24.6 Å². The number of carbonyl (C=O) groups is 2. The van der Waals surface area contributed by atoms with Crippen LogP contribution in [0.25, 0.3) is 0 Å². The van der Waals surface area contributed by atoms with Gasteiger partial charge in [-0.2, -0.15) is 0 Å². The zero-order chi connectivity index (χ0) is 22.7. The maximum Gasteiger partial charge on any atom is 0.269 e. The van der Waals surface area contributed by atoms with E-state index in [-0.39, 0.29) is 22.1 Å². The van der Waals surface area contributed by atoms with Gasteiger partial charge in [0.1, 0.15) is 5.75 Å². The highest BCUT2D eigenvalue weighted by Crippen LogP contribution is 2.49. The van der Waals surface area contributed by atoms with Crippen molar-refractivity contribution in [3.63, 3.8) is 0 Å². The molecule has 3 N–H and O–H groups in total. The number of sulfonamides is 1. The summed E-state index contributed by atoms with van der Waals surface area (Å²) < 4.78 is 33.2. The molecule has 2 amide bonds. The maximum atomic E-state index is 12.8. The van der Waals surface area contributed by atoms with E-state index in [1.807, 2.05) is 0 Å². The lowest BCUT2D eigenvalue weighted by molar-refractivity contribution is -0.123. The quantitative estimate of drug-likeness (QED) is 0.553. The molecular formula is C23H27N3O5S. The van der Waals surface area contributed by atoms with Crippen LogP contribution in [-0.4, -0.2) is 27.3 Å². The van der Waals surface area contributed by atoms with Gasteiger partial charge in [0.05, 0.1) is 17.7 Å². The van der Waals surface area contributed by atoms with Gasteiger partial charge in [-0.05, 0) is 67.3 Å². The number of para-hydroxylation sites is 2. The maximum absolute atomic E-state index is 12.8. The normalized spacial score (nSPS) is 21.7. The first-order valence-electron chi connectivity index (χ1n) is 10.7. The summed E-state index contributed by atoms with van der Waals surface area (Å²) in [6.07, 6.45) is 5.17. The highest BCUT2D eigenvalue weighted by atomic mass is 32.2. The molecule has 3 atom stereocenters. The molecule has 0 aromatic heterocycles.